The molecule has 2 atom stereocenters. The Morgan fingerprint density at radius 2 is 2.19 bits per heavy atom. The van der Waals surface area contributed by atoms with E-state index in [4.69, 9.17) is 14.5 Å². The summed E-state index contributed by atoms with van der Waals surface area (Å²) in [5, 5.41) is 4.51. The van der Waals surface area contributed by atoms with Crippen LogP contribution in [0, 0.1) is 0 Å². The van der Waals surface area contributed by atoms with Crippen molar-refractivity contribution in [3.05, 3.63) is 42.7 Å². The Morgan fingerprint density at radius 3 is 3.04 bits per heavy atom. The van der Waals surface area contributed by atoms with Gasteiger partial charge in [-0.15, -0.1) is 0 Å². The fourth-order valence-corrected chi connectivity index (χ4v) is 3.63. The number of benzene rings is 1. The fourth-order valence-electron chi connectivity index (χ4n) is 3.63. The van der Waals surface area contributed by atoms with Crippen LogP contribution >= 0.6 is 0 Å². The van der Waals surface area contributed by atoms with E-state index in [-0.39, 0.29) is 12.1 Å². The third kappa shape index (κ3) is 3.18. The average Bonchev–Trinajstić information content (AvgIpc) is 3.17. The molecule has 2 aromatic heterocycles. The second kappa shape index (κ2) is 7.43. The topological polar surface area (TPSA) is 61.2 Å². The highest BCUT2D eigenvalue weighted by Crippen LogP contribution is 2.28. The zero-order chi connectivity index (χ0) is 17.9. The lowest BCUT2D eigenvalue weighted by atomic mass is 10.0. The van der Waals surface area contributed by atoms with Crippen molar-refractivity contribution in [3.63, 3.8) is 0 Å². The summed E-state index contributed by atoms with van der Waals surface area (Å²) in [6, 6.07) is 10.3. The summed E-state index contributed by atoms with van der Waals surface area (Å²) in [4.78, 5) is 9.40. The minimum atomic E-state index is 0.179. The molecule has 0 aliphatic carbocycles. The number of piperidine rings is 1. The third-order valence-electron chi connectivity index (χ3n) is 4.92. The van der Waals surface area contributed by atoms with Crippen LogP contribution in [-0.4, -0.2) is 47.4 Å². The molecule has 1 N–H and O–H groups in total. The summed E-state index contributed by atoms with van der Waals surface area (Å²) >= 11 is 0. The van der Waals surface area contributed by atoms with Crippen molar-refractivity contribution in [1.82, 2.24) is 19.9 Å². The quantitative estimate of drug-likeness (QED) is 0.765. The van der Waals surface area contributed by atoms with E-state index in [1.54, 1.807) is 7.11 Å². The number of methoxy groups -OCH3 is 1. The third-order valence-corrected chi connectivity index (χ3v) is 4.92. The highest BCUT2D eigenvalue weighted by atomic mass is 16.5. The van der Waals surface area contributed by atoms with Gasteiger partial charge in [0.15, 0.2) is 5.82 Å². The molecule has 0 radical (unpaired) electrons. The van der Waals surface area contributed by atoms with Crippen LogP contribution in [0.3, 0.4) is 0 Å². The Hall–Kier alpha value is -2.44. The van der Waals surface area contributed by atoms with Gasteiger partial charge in [0.25, 0.3) is 0 Å². The van der Waals surface area contributed by atoms with Crippen molar-refractivity contribution in [2.75, 3.05) is 26.8 Å². The molecule has 3 aromatic rings. The van der Waals surface area contributed by atoms with Gasteiger partial charge in [0.05, 0.1) is 24.3 Å². The molecule has 4 rings (SSSR count). The molecule has 3 heterocycles. The van der Waals surface area contributed by atoms with Gasteiger partial charge in [0.2, 0.25) is 0 Å². The smallest absolute Gasteiger partial charge is 0.159 e. The zero-order valence-corrected chi connectivity index (χ0v) is 15.2. The van der Waals surface area contributed by atoms with Crippen molar-refractivity contribution < 1.29 is 9.47 Å². The Balaban J connectivity index is 1.70. The molecule has 136 valence electrons. The molecule has 0 unspecified atom stereocenters. The lowest BCUT2D eigenvalue weighted by Gasteiger charge is -2.32. The molecule has 6 nitrogen and oxygen atoms in total. The molecule has 1 aliphatic rings. The van der Waals surface area contributed by atoms with Gasteiger partial charge in [0, 0.05) is 31.4 Å². The summed E-state index contributed by atoms with van der Waals surface area (Å²) in [5.74, 6) is 1.74. The predicted octanol–water partition coefficient (Wildman–Crippen LogP) is 3.05. The highest BCUT2D eigenvalue weighted by Gasteiger charge is 2.28. The monoisotopic (exact) mass is 352 g/mol. The normalized spacial score (nSPS) is 20.4. The van der Waals surface area contributed by atoms with E-state index in [1.165, 1.54) is 0 Å². The number of aromatic nitrogens is 3. The second-order valence-electron chi connectivity index (χ2n) is 6.48. The molecule has 26 heavy (non-hydrogen) atoms. The SMILES string of the molecule is CCOc1ccc2nc(-c3nccn3[C@@H]3CNCC[C@@H]3OC)ccc2c1. The number of pyridine rings is 1. The first-order valence-electron chi connectivity index (χ1n) is 9.10. The van der Waals surface area contributed by atoms with Crippen LogP contribution in [0.4, 0.5) is 0 Å². The van der Waals surface area contributed by atoms with E-state index in [2.05, 4.69) is 20.9 Å². The van der Waals surface area contributed by atoms with Gasteiger partial charge in [-0.1, -0.05) is 6.07 Å². The van der Waals surface area contributed by atoms with Crippen molar-refractivity contribution in [2.24, 2.45) is 0 Å². The minimum absolute atomic E-state index is 0.179. The minimum Gasteiger partial charge on any atom is -0.494 e. The van der Waals surface area contributed by atoms with Gasteiger partial charge in [-0.2, -0.15) is 0 Å². The van der Waals surface area contributed by atoms with Gasteiger partial charge in [-0.25, -0.2) is 9.97 Å². The van der Waals surface area contributed by atoms with E-state index in [0.29, 0.717) is 6.61 Å². The van der Waals surface area contributed by atoms with Crippen LogP contribution in [-0.2, 0) is 4.74 Å². The lowest BCUT2D eigenvalue weighted by Crippen LogP contribution is -2.42. The first kappa shape index (κ1) is 17.0. The van der Waals surface area contributed by atoms with Crippen molar-refractivity contribution >= 4 is 10.9 Å². The maximum absolute atomic E-state index is 5.70. The van der Waals surface area contributed by atoms with E-state index < -0.39 is 0 Å². The Labute approximate surface area is 153 Å². The van der Waals surface area contributed by atoms with Crippen molar-refractivity contribution in [1.29, 1.82) is 0 Å². The van der Waals surface area contributed by atoms with Crippen LogP contribution in [0.5, 0.6) is 5.75 Å². The molecule has 0 bridgehead atoms. The van der Waals surface area contributed by atoms with Crippen molar-refractivity contribution in [3.8, 4) is 17.3 Å². The summed E-state index contributed by atoms with van der Waals surface area (Å²) in [7, 11) is 1.78. The van der Waals surface area contributed by atoms with Crippen LogP contribution in [0.25, 0.3) is 22.4 Å². The largest absolute Gasteiger partial charge is 0.494 e. The molecule has 0 spiro atoms. The van der Waals surface area contributed by atoms with Gasteiger partial charge in [-0.3, -0.25) is 0 Å². The maximum Gasteiger partial charge on any atom is 0.159 e. The molecule has 6 heteroatoms. The van der Waals surface area contributed by atoms with Gasteiger partial charge in [0.1, 0.15) is 11.4 Å². The van der Waals surface area contributed by atoms with Gasteiger partial charge in [-0.05, 0) is 44.2 Å². The standard InChI is InChI=1S/C20H24N4O2/c1-3-26-15-5-7-16-14(12-15)4-6-17(23-16)20-22-10-11-24(20)18-13-21-9-8-19(18)25-2/h4-7,10-12,18-19,21H,3,8-9,13H2,1-2H3/t18-,19+/m1/s1. The molecule has 0 saturated carbocycles. The Kier molecular flexibility index (Phi) is 4.86. The number of nitrogens with one attached hydrogen (secondary N) is 1. The van der Waals surface area contributed by atoms with Gasteiger partial charge >= 0.3 is 0 Å². The molecular formula is C20H24N4O2. The number of nitrogens with zero attached hydrogens (tertiary/aromatic N) is 3. The van der Waals surface area contributed by atoms with E-state index in [0.717, 1.165) is 47.7 Å². The molecular weight excluding hydrogens is 328 g/mol. The first-order valence-corrected chi connectivity index (χ1v) is 9.10. The van der Waals surface area contributed by atoms with Crippen molar-refractivity contribution in [2.45, 2.75) is 25.5 Å². The van der Waals surface area contributed by atoms with E-state index in [1.807, 2.05) is 43.6 Å². The van der Waals surface area contributed by atoms with Crippen LogP contribution < -0.4 is 10.1 Å². The highest BCUT2D eigenvalue weighted by molar-refractivity contribution is 5.82. The molecule has 1 aliphatic heterocycles. The molecule has 0 amide bonds. The second-order valence-corrected chi connectivity index (χ2v) is 6.48. The van der Waals surface area contributed by atoms with Crippen LogP contribution in [0.15, 0.2) is 42.7 Å². The zero-order valence-electron chi connectivity index (χ0n) is 15.2. The summed E-state index contributed by atoms with van der Waals surface area (Å²) < 4.78 is 13.5. The number of hydrogen-bond donors (Lipinski definition) is 1. The molecule has 1 saturated heterocycles. The first-order chi connectivity index (χ1) is 12.8. The van der Waals surface area contributed by atoms with E-state index in [9.17, 15) is 0 Å². The number of fused-ring (bicyclic) bond motifs is 1. The maximum atomic E-state index is 5.70. The number of hydrogen-bond acceptors (Lipinski definition) is 5. The van der Waals surface area contributed by atoms with E-state index >= 15 is 0 Å². The average molecular weight is 352 g/mol. The number of imidazole rings is 1. The van der Waals surface area contributed by atoms with Gasteiger partial charge < -0.3 is 19.4 Å². The number of rotatable bonds is 5. The Morgan fingerprint density at radius 1 is 1.27 bits per heavy atom. The molecule has 1 fully saturated rings. The predicted molar refractivity (Wildman–Crippen MR) is 101 cm³/mol. The summed E-state index contributed by atoms with van der Waals surface area (Å²) in [5.41, 5.74) is 1.80. The Bertz CT molecular complexity index is 892. The van der Waals surface area contributed by atoms with Crippen LogP contribution in [0.1, 0.15) is 19.4 Å². The summed E-state index contributed by atoms with van der Waals surface area (Å²) in [6.07, 6.45) is 5.02. The lowest BCUT2D eigenvalue weighted by molar-refractivity contribution is 0.0365. The summed E-state index contributed by atoms with van der Waals surface area (Å²) in [6.45, 7) is 4.49. The molecule has 1 aromatic carbocycles. The van der Waals surface area contributed by atoms with Crippen LogP contribution in [0.2, 0.25) is 0 Å². The fraction of sp³-hybridized carbons (Fsp3) is 0.400. The number of ether oxygens (including phenoxy) is 2.